The lowest BCUT2D eigenvalue weighted by Gasteiger charge is -2.29. The molecule has 2 aromatic heterocycles. The van der Waals surface area contributed by atoms with Crippen molar-refractivity contribution < 1.29 is 5.11 Å². The van der Waals surface area contributed by atoms with Crippen LogP contribution in [0.5, 0.6) is 5.75 Å². The number of aryl methyl sites for hydroxylation is 1. The number of hydrogen-bond acceptors (Lipinski definition) is 3. The van der Waals surface area contributed by atoms with Crippen molar-refractivity contribution in [1.29, 1.82) is 0 Å². The fourth-order valence-corrected chi connectivity index (χ4v) is 4.69. The number of phenols is 1. The first-order valence-electron chi connectivity index (χ1n) is 10.3. The first-order chi connectivity index (χ1) is 15.5. The van der Waals surface area contributed by atoms with Crippen LogP contribution in [0, 0.1) is 6.92 Å². The van der Waals surface area contributed by atoms with Crippen LogP contribution in [0.4, 0.5) is 5.69 Å². The van der Waals surface area contributed by atoms with Crippen LogP contribution < -0.4 is 10.2 Å². The molecule has 160 valence electrons. The summed E-state index contributed by atoms with van der Waals surface area (Å²) in [4.78, 5) is 6.52. The number of thiocarbonyl (C=S) groups is 1. The van der Waals surface area contributed by atoms with E-state index >= 15 is 0 Å². The van der Waals surface area contributed by atoms with Crippen LogP contribution in [-0.4, -0.2) is 19.8 Å². The smallest absolute Gasteiger partial charge is 0.174 e. The van der Waals surface area contributed by atoms with Gasteiger partial charge in [-0.15, -0.1) is 0 Å². The van der Waals surface area contributed by atoms with Gasteiger partial charge in [-0.05, 0) is 73.7 Å². The summed E-state index contributed by atoms with van der Waals surface area (Å²) in [6.07, 6.45) is 3.81. The summed E-state index contributed by atoms with van der Waals surface area (Å²) in [7, 11) is 0. The molecule has 5 rings (SSSR count). The summed E-state index contributed by atoms with van der Waals surface area (Å²) >= 11 is 12.0. The molecule has 0 amide bonds. The summed E-state index contributed by atoms with van der Waals surface area (Å²) in [5.74, 6) is 0.110. The fraction of sp³-hybridized carbons (Fsp3) is 0.120. The van der Waals surface area contributed by atoms with Crippen LogP contribution in [0.2, 0.25) is 5.02 Å². The van der Waals surface area contributed by atoms with Crippen LogP contribution in [0.1, 0.15) is 29.0 Å². The Morgan fingerprint density at radius 1 is 1.03 bits per heavy atom. The lowest BCUT2D eigenvalue weighted by atomic mass is 10.0. The Labute approximate surface area is 196 Å². The molecule has 1 saturated heterocycles. The second kappa shape index (κ2) is 8.30. The van der Waals surface area contributed by atoms with Gasteiger partial charge < -0.3 is 19.9 Å². The molecule has 2 aromatic carbocycles. The maximum absolute atomic E-state index is 10.7. The third kappa shape index (κ3) is 3.61. The van der Waals surface area contributed by atoms with E-state index in [1.54, 1.807) is 24.4 Å². The van der Waals surface area contributed by atoms with Crippen molar-refractivity contribution in [3.05, 3.63) is 107 Å². The number of anilines is 1. The highest BCUT2D eigenvalue weighted by molar-refractivity contribution is 7.80. The predicted molar refractivity (Wildman–Crippen MR) is 132 cm³/mol. The number of aromatic nitrogens is 2. The summed E-state index contributed by atoms with van der Waals surface area (Å²) in [5.41, 5.74) is 4.67. The van der Waals surface area contributed by atoms with Gasteiger partial charge in [0.25, 0.3) is 0 Å². The monoisotopic (exact) mass is 460 g/mol. The number of phenolic OH excluding ortho intramolecular Hbond substituents is 1. The van der Waals surface area contributed by atoms with Crippen LogP contribution in [0.25, 0.3) is 5.69 Å². The van der Waals surface area contributed by atoms with Crippen molar-refractivity contribution in [3.63, 3.8) is 0 Å². The molecule has 1 fully saturated rings. The van der Waals surface area contributed by atoms with E-state index in [0.717, 1.165) is 17.1 Å². The van der Waals surface area contributed by atoms with Crippen molar-refractivity contribution in [3.8, 4) is 11.4 Å². The van der Waals surface area contributed by atoms with Crippen molar-refractivity contribution >= 4 is 34.6 Å². The van der Waals surface area contributed by atoms with E-state index in [1.165, 1.54) is 5.56 Å². The van der Waals surface area contributed by atoms with Crippen molar-refractivity contribution in [1.82, 2.24) is 14.9 Å². The molecule has 0 unspecified atom stereocenters. The molecule has 0 saturated carbocycles. The van der Waals surface area contributed by atoms with E-state index in [-0.39, 0.29) is 17.8 Å². The number of aromatic hydroxyl groups is 1. The molecule has 5 nitrogen and oxygen atoms in total. The third-order valence-electron chi connectivity index (χ3n) is 5.69. The molecule has 32 heavy (non-hydrogen) atoms. The molecule has 1 aliphatic rings. The van der Waals surface area contributed by atoms with E-state index < -0.39 is 0 Å². The van der Waals surface area contributed by atoms with Gasteiger partial charge in [0, 0.05) is 28.8 Å². The normalized spacial score (nSPS) is 18.1. The fourth-order valence-electron chi connectivity index (χ4n) is 4.18. The predicted octanol–water partition coefficient (Wildman–Crippen LogP) is 5.72. The molecule has 0 radical (unpaired) electrons. The minimum Gasteiger partial charge on any atom is -0.506 e. The third-order valence-corrected chi connectivity index (χ3v) is 6.24. The number of halogens is 1. The topological polar surface area (TPSA) is 53.3 Å². The Balaban J connectivity index is 1.69. The first-order valence-corrected chi connectivity index (χ1v) is 11.0. The lowest BCUT2D eigenvalue weighted by Crippen LogP contribution is -2.30. The number of rotatable bonds is 4. The van der Waals surface area contributed by atoms with E-state index in [9.17, 15) is 5.11 Å². The van der Waals surface area contributed by atoms with Crippen LogP contribution in [0.3, 0.4) is 0 Å². The first kappa shape index (κ1) is 20.5. The van der Waals surface area contributed by atoms with Gasteiger partial charge in [-0.1, -0.05) is 35.4 Å². The summed E-state index contributed by atoms with van der Waals surface area (Å²) in [6, 6.07) is 22.8. The SMILES string of the molecule is Cc1ccc(-n2cccc2[C@H]2[C@H](c3ccccn3)NC(=S)N2c2cc(Cl)ccc2O)cc1. The molecule has 0 aliphatic carbocycles. The van der Waals surface area contributed by atoms with Gasteiger partial charge in [-0.3, -0.25) is 4.98 Å². The highest BCUT2D eigenvalue weighted by atomic mass is 35.5. The van der Waals surface area contributed by atoms with Gasteiger partial charge in [-0.25, -0.2) is 0 Å². The number of hydrogen-bond donors (Lipinski definition) is 2. The molecular formula is C25H21ClN4OS. The molecule has 4 aromatic rings. The number of nitrogens with one attached hydrogen (secondary N) is 1. The van der Waals surface area contributed by atoms with Crippen LogP contribution in [-0.2, 0) is 0 Å². The quantitative estimate of drug-likeness (QED) is 0.381. The number of benzene rings is 2. The standard InChI is InChI=1S/C25H21ClN4OS/c1-16-7-10-18(11-8-16)29-14-4-6-20(29)24-23(19-5-2-3-13-27-19)28-25(32)30(24)21-15-17(26)9-12-22(21)31/h2-15,23-24,31H,1H3,(H,28,32)/t23-,24-/m0/s1. The number of pyridine rings is 1. The summed E-state index contributed by atoms with van der Waals surface area (Å²) < 4.78 is 2.14. The minimum atomic E-state index is -0.266. The van der Waals surface area contributed by atoms with Crippen molar-refractivity contribution in [2.75, 3.05) is 4.90 Å². The number of nitrogens with zero attached hydrogens (tertiary/aromatic N) is 3. The Morgan fingerprint density at radius 3 is 2.59 bits per heavy atom. The summed E-state index contributed by atoms with van der Waals surface area (Å²) in [5, 5.41) is 15.1. The largest absolute Gasteiger partial charge is 0.506 e. The molecule has 2 atom stereocenters. The summed E-state index contributed by atoms with van der Waals surface area (Å²) in [6.45, 7) is 2.07. The molecule has 7 heteroatoms. The van der Waals surface area contributed by atoms with Gasteiger partial charge in [0.2, 0.25) is 0 Å². The van der Waals surface area contributed by atoms with Crippen LogP contribution in [0.15, 0.2) is 85.2 Å². The van der Waals surface area contributed by atoms with Crippen molar-refractivity contribution in [2.45, 2.75) is 19.0 Å². The van der Waals surface area contributed by atoms with E-state index in [2.05, 4.69) is 52.1 Å². The molecular weight excluding hydrogens is 440 g/mol. The van der Waals surface area contributed by atoms with Crippen LogP contribution >= 0.6 is 23.8 Å². The lowest BCUT2D eigenvalue weighted by molar-refractivity contribution is 0.472. The Morgan fingerprint density at radius 2 is 1.84 bits per heavy atom. The Kier molecular flexibility index (Phi) is 5.33. The van der Waals surface area contributed by atoms with E-state index in [1.807, 2.05) is 35.4 Å². The molecule has 2 N–H and O–H groups in total. The molecule has 0 bridgehead atoms. The zero-order valence-corrected chi connectivity index (χ0v) is 18.9. The molecule has 1 aliphatic heterocycles. The maximum atomic E-state index is 10.7. The van der Waals surface area contributed by atoms with Crippen molar-refractivity contribution in [2.24, 2.45) is 0 Å². The van der Waals surface area contributed by atoms with Gasteiger partial charge in [-0.2, -0.15) is 0 Å². The molecule has 3 heterocycles. The second-order valence-electron chi connectivity index (χ2n) is 7.77. The van der Waals surface area contributed by atoms with E-state index in [4.69, 9.17) is 23.8 Å². The van der Waals surface area contributed by atoms with Gasteiger partial charge >= 0.3 is 0 Å². The second-order valence-corrected chi connectivity index (χ2v) is 8.59. The van der Waals surface area contributed by atoms with Gasteiger partial charge in [0.15, 0.2) is 5.11 Å². The Hall–Kier alpha value is -3.35. The Bertz CT molecular complexity index is 1270. The average molecular weight is 461 g/mol. The molecule has 0 spiro atoms. The maximum Gasteiger partial charge on any atom is 0.174 e. The van der Waals surface area contributed by atoms with Gasteiger partial charge in [0.05, 0.1) is 17.4 Å². The zero-order valence-electron chi connectivity index (χ0n) is 17.3. The highest BCUT2D eigenvalue weighted by Gasteiger charge is 2.43. The minimum absolute atomic E-state index is 0.110. The van der Waals surface area contributed by atoms with Gasteiger partial charge in [0.1, 0.15) is 11.8 Å². The average Bonchev–Trinajstić information content (AvgIpc) is 3.41. The highest BCUT2D eigenvalue weighted by Crippen LogP contribution is 2.45. The zero-order chi connectivity index (χ0) is 22.2. The van der Waals surface area contributed by atoms with E-state index in [0.29, 0.717) is 15.8 Å².